The zero-order chi connectivity index (χ0) is 19.3. The molecule has 140 valence electrons. The second kappa shape index (κ2) is 8.33. The number of carbonyl (C=O) groups excluding carboxylic acids is 1. The van der Waals surface area contributed by atoms with Crippen LogP contribution in [0, 0.1) is 0 Å². The first-order valence-corrected chi connectivity index (χ1v) is 9.68. The fourth-order valence-corrected chi connectivity index (χ4v) is 3.92. The van der Waals surface area contributed by atoms with E-state index in [0.29, 0.717) is 17.9 Å². The fraction of sp³-hybridized carbons (Fsp3) is 0.316. The molecule has 0 bridgehead atoms. The van der Waals surface area contributed by atoms with Gasteiger partial charge in [0, 0.05) is 32.7 Å². The van der Waals surface area contributed by atoms with Gasteiger partial charge in [-0.05, 0) is 42.0 Å². The normalized spacial score (nSPS) is 11.4. The summed E-state index contributed by atoms with van der Waals surface area (Å²) in [4.78, 5) is 13.7. The number of nitrogens with zero attached hydrogens (tertiary/aromatic N) is 2. The van der Waals surface area contributed by atoms with Gasteiger partial charge in [-0.2, -0.15) is 4.31 Å². The minimum Gasteiger partial charge on any atom is -0.497 e. The lowest BCUT2D eigenvalue weighted by atomic mass is 10.1. The second-order valence-corrected chi connectivity index (χ2v) is 7.94. The van der Waals surface area contributed by atoms with Crippen molar-refractivity contribution >= 4 is 15.9 Å². The standard InChI is InChI=1S/C19H24N2O4S/c1-5-21(26(23,24)18-12-10-17(25-4)11-13-18)14-15-6-8-16(9-7-15)19(22)20(2)3/h6-13H,5,14H2,1-4H3. The van der Waals surface area contributed by atoms with E-state index in [1.54, 1.807) is 57.4 Å². The molecule has 2 aromatic rings. The highest BCUT2D eigenvalue weighted by molar-refractivity contribution is 7.89. The lowest BCUT2D eigenvalue weighted by Crippen LogP contribution is -2.30. The molecule has 0 aliphatic carbocycles. The molecule has 0 unspecified atom stereocenters. The Labute approximate surface area is 155 Å². The van der Waals surface area contributed by atoms with Gasteiger partial charge in [0.2, 0.25) is 10.0 Å². The SMILES string of the molecule is CCN(Cc1ccc(C(=O)N(C)C)cc1)S(=O)(=O)c1ccc(OC)cc1. The topological polar surface area (TPSA) is 66.9 Å². The van der Waals surface area contributed by atoms with Crippen LogP contribution in [0.2, 0.25) is 0 Å². The first-order valence-electron chi connectivity index (χ1n) is 8.24. The van der Waals surface area contributed by atoms with E-state index in [-0.39, 0.29) is 17.3 Å². The van der Waals surface area contributed by atoms with Crippen LogP contribution in [0.4, 0.5) is 0 Å². The Morgan fingerprint density at radius 2 is 1.58 bits per heavy atom. The highest BCUT2D eigenvalue weighted by Gasteiger charge is 2.23. The van der Waals surface area contributed by atoms with Crippen LogP contribution in [0.1, 0.15) is 22.8 Å². The predicted octanol–water partition coefficient (Wildman–Crippen LogP) is 2.61. The molecule has 0 saturated heterocycles. The van der Waals surface area contributed by atoms with Gasteiger partial charge in [0.1, 0.15) is 5.75 Å². The molecule has 0 heterocycles. The number of sulfonamides is 1. The summed E-state index contributed by atoms with van der Waals surface area (Å²) in [6, 6.07) is 13.3. The van der Waals surface area contributed by atoms with Crippen LogP contribution < -0.4 is 4.74 Å². The molecule has 0 aliphatic heterocycles. The molecule has 0 fully saturated rings. The number of benzene rings is 2. The van der Waals surface area contributed by atoms with Crippen molar-refractivity contribution in [3.8, 4) is 5.75 Å². The zero-order valence-electron chi connectivity index (χ0n) is 15.5. The Balaban J connectivity index is 2.21. The van der Waals surface area contributed by atoms with E-state index in [2.05, 4.69) is 0 Å². The number of ether oxygens (including phenoxy) is 1. The Morgan fingerprint density at radius 3 is 2.04 bits per heavy atom. The van der Waals surface area contributed by atoms with E-state index < -0.39 is 10.0 Å². The van der Waals surface area contributed by atoms with E-state index in [0.717, 1.165) is 5.56 Å². The second-order valence-electron chi connectivity index (χ2n) is 6.00. The molecule has 0 spiro atoms. The number of hydrogen-bond donors (Lipinski definition) is 0. The number of rotatable bonds is 7. The minimum atomic E-state index is -3.61. The molecule has 0 atom stereocenters. The highest BCUT2D eigenvalue weighted by Crippen LogP contribution is 2.21. The van der Waals surface area contributed by atoms with Gasteiger partial charge in [0.15, 0.2) is 0 Å². The lowest BCUT2D eigenvalue weighted by Gasteiger charge is -2.21. The average molecular weight is 376 g/mol. The first kappa shape index (κ1) is 19.9. The summed E-state index contributed by atoms with van der Waals surface area (Å²) in [5.41, 5.74) is 1.39. The Hall–Kier alpha value is -2.38. The number of hydrogen-bond acceptors (Lipinski definition) is 4. The average Bonchev–Trinajstić information content (AvgIpc) is 2.65. The van der Waals surface area contributed by atoms with Crippen molar-refractivity contribution in [2.75, 3.05) is 27.7 Å². The Morgan fingerprint density at radius 1 is 1.00 bits per heavy atom. The number of carbonyl (C=O) groups is 1. The van der Waals surface area contributed by atoms with Gasteiger partial charge < -0.3 is 9.64 Å². The maximum atomic E-state index is 12.9. The highest BCUT2D eigenvalue weighted by atomic mass is 32.2. The summed E-state index contributed by atoms with van der Waals surface area (Å²) >= 11 is 0. The van der Waals surface area contributed by atoms with Crippen molar-refractivity contribution in [1.82, 2.24) is 9.21 Å². The van der Waals surface area contributed by atoms with Gasteiger partial charge >= 0.3 is 0 Å². The van der Waals surface area contributed by atoms with Gasteiger partial charge in [0.25, 0.3) is 5.91 Å². The monoisotopic (exact) mass is 376 g/mol. The third-order valence-corrected chi connectivity index (χ3v) is 5.95. The third kappa shape index (κ3) is 4.42. The summed E-state index contributed by atoms with van der Waals surface area (Å²) in [6.07, 6.45) is 0. The molecule has 1 amide bonds. The predicted molar refractivity (Wildman–Crippen MR) is 101 cm³/mol. The van der Waals surface area contributed by atoms with Crippen LogP contribution in [0.25, 0.3) is 0 Å². The van der Waals surface area contributed by atoms with Crippen molar-refractivity contribution in [2.45, 2.75) is 18.4 Å². The Bertz CT molecular complexity index is 844. The zero-order valence-corrected chi connectivity index (χ0v) is 16.3. The van der Waals surface area contributed by atoms with Crippen LogP contribution in [-0.2, 0) is 16.6 Å². The van der Waals surface area contributed by atoms with E-state index >= 15 is 0 Å². The largest absolute Gasteiger partial charge is 0.497 e. The van der Waals surface area contributed by atoms with Crippen LogP contribution >= 0.6 is 0 Å². The summed E-state index contributed by atoms with van der Waals surface area (Å²) < 4.78 is 32.2. The smallest absolute Gasteiger partial charge is 0.253 e. The molecule has 0 aromatic heterocycles. The maximum absolute atomic E-state index is 12.9. The van der Waals surface area contributed by atoms with Gasteiger partial charge in [-0.3, -0.25) is 4.79 Å². The Kier molecular flexibility index (Phi) is 6.39. The molecule has 2 rings (SSSR count). The van der Waals surface area contributed by atoms with Gasteiger partial charge in [-0.15, -0.1) is 0 Å². The molecule has 7 heteroatoms. The van der Waals surface area contributed by atoms with Crippen molar-refractivity contribution in [2.24, 2.45) is 0 Å². The molecular formula is C19H24N2O4S. The summed E-state index contributed by atoms with van der Waals surface area (Å²) in [5.74, 6) is 0.517. The molecule has 0 aliphatic rings. The molecule has 0 radical (unpaired) electrons. The number of amides is 1. The van der Waals surface area contributed by atoms with Crippen molar-refractivity contribution < 1.29 is 17.9 Å². The van der Waals surface area contributed by atoms with Gasteiger partial charge in [-0.1, -0.05) is 19.1 Å². The van der Waals surface area contributed by atoms with Crippen molar-refractivity contribution in [3.05, 3.63) is 59.7 Å². The van der Waals surface area contributed by atoms with Crippen molar-refractivity contribution in [1.29, 1.82) is 0 Å². The lowest BCUT2D eigenvalue weighted by molar-refractivity contribution is 0.0827. The van der Waals surface area contributed by atoms with Crippen LogP contribution in [0.5, 0.6) is 5.75 Å². The van der Waals surface area contributed by atoms with Gasteiger partial charge in [-0.25, -0.2) is 8.42 Å². The van der Waals surface area contributed by atoms with Gasteiger partial charge in [0.05, 0.1) is 12.0 Å². The minimum absolute atomic E-state index is 0.0882. The molecule has 2 aromatic carbocycles. The van der Waals surface area contributed by atoms with Crippen LogP contribution in [0.3, 0.4) is 0 Å². The molecule has 6 nitrogen and oxygen atoms in total. The number of methoxy groups -OCH3 is 1. The summed E-state index contributed by atoms with van der Waals surface area (Å²) in [5, 5.41) is 0. The molecular weight excluding hydrogens is 352 g/mol. The van der Waals surface area contributed by atoms with Crippen LogP contribution in [0.15, 0.2) is 53.4 Å². The molecule has 0 saturated carbocycles. The van der Waals surface area contributed by atoms with E-state index in [1.165, 1.54) is 28.4 Å². The van der Waals surface area contributed by atoms with E-state index in [1.807, 2.05) is 0 Å². The summed E-state index contributed by atoms with van der Waals surface area (Å²) in [7, 11) is 1.30. The summed E-state index contributed by atoms with van der Waals surface area (Å²) in [6.45, 7) is 2.37. The van der Waals surface area contributed by atoms with E-state index in [4.69, 9.17) is 4.74 Å². The molecule has 26 heavy (non-hydrogen) atoms. The molecule has 0 N–H and O–H groups in total. The quantitative estimate of drug-likeness (QED) is 0.745. The first-order chi connectivity index (χ1) is 12.3. The third-order valence-electron chi connectivity index (χ3n) is 4.02. The van der Waals surface area contributed by atoms with Crippen molar-refractivity contribution in [3.63, 3.8) is 0 Å². The maximum Gasteiger partial charge on any atom is 0.253 e. The van der Waals surface area contributed by atoms with E-state index in [9.17, 15) is 13.2 Å². The fourth-order valence-electron chi connectivity index (χ4n) is 2.48. The van der Waals surface area contributed by atoms with Crippen LogP contribution in [-0.4, -0.2) is 51.3 Å².